The van der Waals surface area contributed by atoms with Gasteiger partial charge in [0, 0.05) is 26.1 Å². The molecule has 10 nitrogen and oxygen atoms in total. The summed E-state index contributed by atoms with van der Waals surface area (Å²) in [7, 11) is 0. The van der Waals surface area contributed by atoms with Gasteiger partial charge in [-0.3, -0.25) is 9.59 Å². The lowest BCUT2D eigenvalue weighted by Crippen LogP contribution is -2.52. The molecule has 0 aromatic carbocycles. The number of β-amino-alcohol motifs (C(OH)–C–C–N with tert-alkyl or cyclic N) is 1. The summed E-state index contributed by atoms with van der Waals surface area (Å²) in [4.78, 5) is 24.6. The van der Waals surface area contributed by atoms with Gasteiger partial charge in [-0.2, -0.15) is 0 Å². The Morgan fingerprint density at radius 1 is 1.19 bits per heavy atom. The maximum absolute atomic E-state index is 12.4. The number of aliphatic hydroxyl groups is 4. The predicted octanol–water partition coefficient (Wildman–Crippen LogP) is -1.96. The number of aliphatic hydroxyl groups excluding tert-OH is 4. The largest absolute Gasteiger partial charge is 0.480 e. The zero-order valence-electron chi connectivity index (χ0n) is 15.4. The lowest BCUT2D eigenvalue weighted by atomic mass is 10.0. The van der Waals surface area contributed by atoms with Crippen LogP contribution in [0.4, 0.5) is 0 Å². The zero-order chi connectivity index (χ0) is 20.4. The van der Waals surface area contributed by atoms with Gasteiger partial charge in [-0.1, -0.05) is 12.8 Å². The number of amides is 1. The SMILES string of the molecule is N[C@H](CCC(=O)N1CCCCCCO[C@H]([C@H](O)CO)[C@H](O)[C@H](O)C1)C(=O)O. The second-order valence-electron chi connectivity index (χ2n) is 6.88. The molecule has 7 N–H and O–H groups in total. The number of carbonyl (C=O) groups is 2. The first-order chi connectivity index (χ1) is 12.8. The van der Waals surface area contributed by atoms with Gasteiger partial charge in [0.25, 0.3) is 0 Å². The van der Waals surface area contributed by atoms with Crippen LogP contribution in [0.1, 0.15) is 38.5 Å². The average molecular weight is 392 g/mol. The highest BCUT2D eigenvalue weighted by Crippen LogP contribution is 2.15. The second kappa shape index (κ2) is 12.2. The Balaban J connectivity index is 2.79. The number of carbonyl (C=O) groups excluding carboxylic acids is 1. The number of nitrogens with two attached hydrogens (primary N) is 1. The molecule has 0 spiro atoms. The third-order valence-electron chi connectivity index (χ3n) is 4.68. The van der Waals surface area contributed by atoms with Crippen molar-refractivity contribution in [1.82, 2.24) is 4.90 Å². The summed E-state index contributed by atoms with van der Waals surface area (Å²) in [5.74, 6) is -1.56. The van der Waals surface area contributed by atoms with E-state index in [1.54, 1.807) is 0 Å². The Morgan fingerprint density at radius 3 is 2.48 bits per heavy atom. The molecule has 5 atom stereocenters. The van der Waals surface area contributed by atoms with Gasteiger partial charge < -0.3 is 40.9 Å². The van der Waals surface area contributed by atoms with Crippen LogP contribution in [0, 0.1) is 0 Å². The molecule has 0 bridgehead atoms. The highest BCUT2D eigenvalue weighted by molar-refractivity contribution is 5.78. The quantitative estimate of drug-likeness (QED) is 0.300. The van der Waals surface area contributed by atoms with Crippen molar-refractivity contribution in [2.75, 3.05) is 26.3 Å². The maximum atomic E-state index is 12.4. The first-order valence-corrected chi connectivity index (χ1v) is 9.30. The number of nitrogens with zero attached hydrogens (tertiary/aromatic N) is 1. The molecule has 0 saturated carbocycles. The van der Waals surface area contributed by atoms with E-state index in [2.05, 4.69) is 0 Å². The number of aliphatic carboxylic acids is 1. The molecule has 0 aromatic heterocycles. The van der Waals surface area contributed by atoms with Crippen LogP contribution in [0.2, 0.25) is 0 Å². The van der Waals surface area contributed by atoms with E-state index in [1.807, 2.05) is 0 Å². The zero-order valence-corrected chi connectivity index (χ0v) is 15.4. The van der Waals surface area contributed by atoms with E-state index in [4.69, 9.17) is 20.7 Å². The fraction of sp³-hybridized carbons (Fsp3) is 0.882. The van der Waals surface area contributed by atoms with E-state index < -0.39 is 43.0 Å². The number of ether oxygens (including phenoxy) is 1. The molecule has 0 radical (unpaired) electrons. The highest BCUT2D eigenvalue weighted by Gasteiger charge is 2.34. The summed E-state index contributed by atoms with van der Waals surface area (Å²) < 4.78 is 5.45. The van der Waals surface area contributed by atoms with E-state index in [1.165, 1.54) is 4.90 Å². The molecule has 1 rings (SSSR count). The lowest BCUT2D eigenvalue weighted by molar-refractivity contribution is -0.152. The molecule has 1 aliphatic rings. The van der Waals surface area contributed by atoms with Crippen LogP contribution in [0.25, 0.3) is 0 Å². The van der Waals surface area contributed by atoms with Gasteiger partial charge in [0.2, 0.25) is 5.91 Å². The number of carboxylic acids is 1. The monoisotopic (exact) mass is 392 g/mol. The van der Waals surface area contributed by atoms with Gasteiger partial charge in [0.1, 0.15) is 30.5 Å². The van der Waals surface area contributed by atoms with Crippen molar-refractivity contribution in [2.24, 2.45) is 5.73 Å². The molecule has 0 aromatic rings. The third-order valence-corrected chi connectivity index (χ3v) is 4.68. The Labute approximate surface area is 158 Å². The van der Waals surface area contributed by atoms with Crippen LogP contribution in [0.3, 0.4) is 0 Å². The van der Waals surface area contributed by atoms with E-state index >= 15 is 0 Å². The minimum Gasteiger partial charge on any atom is -0.480 e. The minimum atomic E-state index is -1.50. The van der Waals surface area contributed by atoms with Gasteiger partial charge in [-0.15, -0.1) is 0 Å². The first kappa shape index (κ1) is 23.7. The molecule has 1 heterocycles. The molecule has 1 aliphatic heterocycles. The summed E-state index contributed by atoms with van der Waals surface area (Å²) in [6, 6.07) is -1.14. The van der Waals surface area contributed by atoms with Crippen LogP contribution in [-0.4, -0.2) is 99.1 Å². The number of rotatable bonds is 6. The molecule has 27 heavy (non-hydrogen) atoms. The molecule has 1 amide bonds. The van der Waals surface area contributed by atoms with Gasteiger partial charge in [-0.05, 0) is 19.3 Å². The smallest absolute Gasteiger partial charge is 0.320 e. The van der Waals surface area contributed by atoms with Crippen molar-refractivity contribution >= 4 is 11.9 Å². The van der Waals surface area contributed by atoms with E-state index in [0.29, 0.717) is 19.4 Å². The Bertz CT molecular complexity index is 464. The Morgan fingerprint density at radius 2 is 1.85 bits per heavy atom. The van der Waals surface area contributed by atoms with Crippen LogP contribution in [-0.2, 0) is 14.3 Å². The number of hydrogen-bond acceptors (Lipinski definition) is 8. The fourth-order valence-corrected chi connectivity index (χ4v) is 2.95. The molecule has 1 fully saturated rings. The standard InChI is InChI=1S/C17H32N2O8/c18-11(17(25)26)5-6-14(23)19-7-3-1-2-4-8-27-16(13(22)10-20)15(24)12(21)9-19/h11-13,15-16,20-22,24H,1-10,18H2,(H,25,26)/t11-,12-,13-,15-,16-/m1/s1. The van der Waals surface area contributed by atoms with Crippen molar-refractivity contribution < 1.29 is 39.9 Å². The van der Waals surface area contributed by atoms with Crippen LogP contribution < -0.4 is 5.73 Å². The fourth-order valence-electron chi connectivity index (χ4n) is 2.95. The van der Waals surface area contributed by atoms with E-state index in [0.717, 1.165) is 12.8 Å². The van der Waals surface area contributed by atoms with Crippen molar-refractivity contribution in [3.63, 3.8) is 0 Å². The lowest BCUT2D eigenvalue weighted by Gasteiger charge is -2.33. The van der Waals surface area contributed by atoms with Gasteiger partial charge in [0.15, 0.2) is 0 Å². The van der Waals surface area contributed by atoms with Crippen molar-refractivity contribution in [2.45, 2.75) is 69.0 Å². The van der Waals surface area contributed by atoms with Crippen molar-refractivity contribution in [3.05, 3.63) is 0 Å². The Kier molecular flexibility index (Phi) is 10.7. The maximum Gasteiger partial charge on any atom is 0.320 e. The van der Waals surface area contributed by atoms with Crippen molar-refractivity contribution in [3.8, 4) is 0 Å². The number of carboxylic acid groups (broad SMARTS) is 1. The van der Waals surface area contributed by atoms with Crippen LogP contribution >= 0.6 is 0 Å². The van der Waals surface area contributed by atoms with E-state index in [-0.39, 0.29) is 31.9 Å². The molecule has 158 valence electrons. The molecule has 0 aliphatic carbocycles. The van der Waals surface area contributed by atoms with Crippen molar-refractivity contribution in [1.29, 1.82) is 0 Å². The summed E-state index contributed by atoms with van der Waals surface area (Å²) in [5, 5.41) is 48.5. The summed E-state index contributed by atoms with van der Waals surface area (Å²) in [6.07, 6.45) is -2.53. The molecule has 0 unspecified atom stereocenters. The van der Waals surface area contributed by atoms with Gasteiger partial charge >= 0.3 is 5.97 Å². The predicted molar refractivity (Wildman–Crippen MR) is 94.7 cm³/mol. The molecular formula is C17H32N2O8. The van der Waals surface area contributed by atoms with Gasteiger partial charge in [-0.25, -0.2) is 0 Å². The normalized spacial score (nSPS) is 27.9. The van der Waals surface area contributed by atoms with Crippen LogP contribution in [0.15, 0.2) is 0 Å². The third kappa shape index (κ3) is 8.08. The first-order valence-electron chi connectivity index (χ1n) is 9.30. The molecule has 10 heteroatoms. The van der Waals surface area contributed by atoms with Gasteiger partial charge in [0.05, 0.1) is 6.61 Å². The highest BCUT2D eigenvalue weighted by atomic mass is 16.5. The Hall–Kier alpha value is -1.30. The summed E-state index contributed by atoms with van der Waals surface area (Å²) >= 11 is 0. The average Bonchev–Trinajstić information content (AvgIpc) is 2.64. The van der Waals surface area contributed by atoms with Crippen LogP contribution in [0.5, 0.6) is 0 Å². The number of hydrogen-bond donors (Lipinski definition) is 6. The molecule has 1 saturated heterocycles. The second-order valence-corrected chi connectivity index (χ2v) is 6.88. The minimum absolute atomic E-state index is 0.0295. The topological polar surface area (TPSA) is 174 Å². The summed E-state index contributed by atoms with van der Waals surface area (Å²) in [6.45, 7) is -0.190. The van der Waals surface area contributed by atoms with E-state index in [9.17, 15) is 24.9 Å². The molecular weight excluding hydrogens is 360 g/mol. The summed E-state index contributed by atoms with van der Waals surface area (Å²) in [5.41, 5.74) is 5.42.